The highest BCUT2D eigenvalue weighted by atomic mass is 16.5. The van der Waals surface area contributed by atoms with Crippen molar-refractivity contribution in [2.24, 2.45) is 5.41 Å². The molecule has 1 aromatic rings. The van der Waals surface area contributed by atoms with Crippen LogP contribution in [0.2, 0.25) is 0 Å². The number of benzene rings is 1. The van der Waals surface area contributed by atoms with Crippen molar-refractivity contribution in [1.29, 1.82) is 0 Å². The molecule has 0 unspecified atom stereocenters. The first-order valence-corrected chi connectivity index (χ1v) is 11.7. The normalized spacial score (nSPS) is 26.4. The van der Waals surface area contributed by atoms with Gasteiger partial charge in [0.15, 0.2) is 0 Å². The van der Waals surface area contributed by atoms with Gasteiger partial charge in [-0.1, -0.05) is 48.6 Å². The summed E-state index contributed by atoms with van der Waals surface area (Å²) in [6.45, 7) is 13.2. The van der Waals surface area contributed by atoms with Crippen molar-refractivity contribution in [3.05, 3.63) is 82.8 Å². The minimum Gasteiger partial charge on any atom is -0.495 e. The average Bonchev–Trinajstić information content (AvgIpc) is 2.73. The van der Waals surface area contributed by atoms with Gasteiger partial charge in [0.2, 0.25) is 0 Å². The van der Waals surface area contributed by atoms with E-state index in [1.165, 1.54) is 48.9 Å². The fraction of sp³-hybridized carbons (Fsp3) is 0.500. The molecular weight excluding hydrogens is 366 g/mol. The third-order valence-electron chi connectivity index (χ3n) is 7.21. The van der Waals surface area contributed by atoms with E-state index in [0.717, 1.165) is 31.7 Å². The zero-order valence-corrected chi connectivity index (χ0v) is 19.0. The van der Waals surface area contributed by atoms with Crippen molar-refractivity contribution in [3.63, 3.8) is 0 Å². The summed E-state index contributed by atoms with van der Waals surface area (Å²) in [5.41, 5.74) is 7.56. The summed E-state index contributed by atoms with van der Waals surface area (Å²) in [6.07, 6.45) is 15.2. The SMILES string of the molecule is C=C(C1=C(\C)C/C=C(/OC(C)C)C/C=C\1)N1CCC2(CCc3ccccc3C2)CC1. The van der Waals surface area contributed by atoms with Gasteiger partial charge in [-0.15, -0.1) is 0 Å². The van der Waals surface area contributed by atoms with Gasteiger partial charge in [-0.2, -0.15) is 0 Å². The Morgan fingerprint density at radius 3 is 2.53 bits per heavy atom. The second-order valence-electron chi connectivity index (χ2n) is 9.72. The molecule has 160 valence electrons. The van der Waals surface area contributed by atoms with Crippen LogP contribution in [0.25, 0.3) is 0 Å². The summed E-state index contributed by atoms with van der Waals surface area (Å²) in [5, 5.41) is 0. The maximum atomic E-state index is 5.93. The van der Waals surface area contributed by atoms with Crippen molar-refractivity contribution >= 4 is 0 Å². The Labute approximate surface area is 183 Å². The summed E-state index contributed by atoms with van der Waals surface area (Å²) >= 11 is 0. The lowest BCUT2D eigenvalue weighted by Gasteiger charge is -2.46. The summed E-state index contributed by atoms with van der Waals surface area (Å²) in [4.78, 5) is 2.53. The van der Waals surface area contributed by atoms with E-state index in [-0.39, 0.29) is 6.10 Å². The van der Waals surface area contributed by atoms with E-state index in [4.69, 9.17) is 4.74 Å². The quantitative estimate of drug-likeness (QED) is 0.551. The fourth-order valence-electron chi connectivity index (χ4n) is 5.35. The number of likely N-dealkylation sites (tertiary alicyclic amines) is 1. The van der Waals surface area contributed by atoms with Crippen LogP contribution in [0.1, 0.15) is 64.0 Å². The highest BCUT2D eigenvalue weighted by molar-refractivity contribution is 5.43. The highest BCUT2D eigenvalue weighted by Gasteiger charge is 2.37. The molecule has 0 atom stereocenters. The van der Waals surface area contributed by atoms with Gasteiger partial charge in [0.05, 0.1) is 11.9 Å². The van der Waals surface area contributed by atoms with Crippen molar-refractivity contribution in [2.45, 2.75) is 71.8 Å². The number of rotatable bonds is 4. The average molecular weight is 404 g/mol. The van der Waals surface area contributed by atoms with E-state index in [0.29, 0.717) is 5.41 Å². The Morgan fingerprint density at radius 1 is 1.07 bits per heavy atom. The molecule has 2 aliphatic carbocycles. The van der Waals surface area contributed by atoms with E-state index in [2.05, 4.69) is 74.7 Å². The Balaban J connectivity index is 1.41. The van der Waals surface area contributed by atoms with Gasteiger partial charge in [-0.05, 0) is 87.5 Å². The molecule has 1 aromatic carbocycles. The number of nitrogens with zero attached hydrogens (tertiary/aromatic N) is 1. The van der Waals surface area contributed by atoms with Crippen molar-refractivity contribution in [3.8, 4) is 0 Å². The second-order valence-corrected chi connectivity index (χ2v) is 9.72. The van der Waals surface area contributed by atoms with E-state index in [1.807, 2.05) is 0 Å². The molecule has 1 spiro atoms. The smallest absolute Gasteiger partial charge is 0.0964 e. The summed E-state index contributed by atoms with van der Waals surface area (Å²) in [6, 6.07) is 9.06. The van der Waals surface area contributed by atoms with Crippen molar-refractivity contribution < 1.29 is 4.74 Å². The van der Waals surface area contributed by atoms with Crippen molar-refractivity contribution in [2.75, 3.05) is 13.1 Å². The van der Waals surface area contributed by atoms with Crippen LogP contribution in [0.4, 0.5) is 0 Å². The van der Waals surface area contributed by atoms with Crippen LogP contribution in [-0.2, 0) is 17.6 Å². The predicted octanol–water partition coefficient (Wildman–Crippen LogP) is 6.75. The molecule has 1 fully saturated rings. The number of hydrogen-bond donors (Lipinski definition) is 0. The first-order valence-electron chi connectivity index (χ1n) is 11.7. The highest BCUT2D eigenvalue weighted by Crippen LogP contribution is 2.44. The number of aryl methyl sites for hydroxylation is 1. The van der Waals surface area contributed by atoms with Gasteiger partial charge < -0.3 is 9.64 Å². The molecule has 4 rings (SSSR count). The lowest BCUT2D eigenvalue weighted by Crippen LogP contribution is -2.42. The third kappa shape index (κ3) is 4.58. The second kappa shape index (κ2) is 8.88. The molecular formula is C28H37NO. The summed E-state index contributed by atoms with van der Waals surface area (Å²) in [7, 11) is 0. The molecule has 0 aromatic heterocycles. The minimum atomic E-state index is 0.232. The first-order chi connectivity index (χ1) is 14.5. The largest absolute Gasteiger partial charge is 0.495 e. The number of ether oxygens (including phenoxy) is 1. The Hall–Kier alpha value is -2.22. The molecule has 0 bridgehead atoms. The molecule has 2 nitrogen and oxygen atoms in total. The first kappa shape index (κ1) is 21.0. The zero-order valence-electron chi connectivity index (χ0n) is 19.0. The van der Waals surface area contributed by atoms with Crippen LogP contribution in [0, 0.1) is 5.41 Å². The number of hydrogen-bond acceptors (Lipinski definition) is 2. The Kier molecular flexibility index (Phi) is 6.22. The van der Waals surface area contributed by atoms with Gasteiger partial charge >= 0.3 is 0 Å². The molecule has 0 saturated carbocycles. The summed E-state index contributed by atoms with van der Waals surface area (Å²) < 4.78 is 5.93. The van der Waals surface area contributed by atoms with E-state index in [9.17, 15) is 0 Å². The van der Waals surface area contributed by atoms with Gasteiger partial charge in [0.1, 0.15) is 0 Å². The Morgan fingerprint density at radius 2 is 1.80 bits per heavy atom. The zero-order chi connectivity index (χ0) is 21.1. The summed E-state index contributed by atoms with van der Waals surface area (Å²) in [5.74, 6) is 1.09. The van der Waals surface area contributed by atoms with Crippen molar-refractivity contribution in [1.82, 2.24) is 4.90 Å². The molecule has 2 heteroatoms. The lowest BCUT2D eigenvalue weighted by molar-refractivity contribution is 0.112. The van der Waals surface area contributed by atoms with Crippen LogP contribution >= 0.6 is 0 Å². The third-order valence-corrected chi connectivity index (χ3v) is 7.21. The lowest BCUT2D eigenvalue weighted by atomic mass is 9.66. The predicted molar refractivity (Wildman–Crippen MR) is 126 cm³/mol. The molecule has 3 aliphatic rings. The van der Waals surface area contributed by atoms with Gasteiger partial charge in [-0.3, -0.25) is 0 Å². The van der Waals surface area contributed by atoms with Crippen LogP contribution < -0.4 is 0 Å². The standard InChI is InChI=1S/C28H37NO/c1-21(2)30-26-10-7-11-27(22(3)12-13-26)23(4)29-18-16-28(17-19-29)15-14-24-8-5-6-9-25(24)20-28/h5-9,11,13,21H,4,10,12,14-20H2,1-3H3/b11-7-,26-13+,27-22+. The van der Waals surface area contributed by atoms with E-state index < -0.39 is 0 Å². The minimum absolute atomic E-state index is 0.232. The van der Waals surface area contributed by atoms with Crippen LogP contribution in [-0.4, -0.2) is 24.1 Å². The molecule has 1 heterocycles. The van der Waals surface area contributed by atoms with Crippen LogP contribution in [0.15, 0.2) is 71.7 Å². The topological polar surface area (TPSA) is 12.5 Å². The monoisotopic (exact) mass is 403 g/mol. The maximum absolute atomic E-state index is 5.93. The fourth-order valence-corrected chi connectivity index (χ4v) is 5.35. The van der Waals surface area contributed by atoms with Gasteiger partial charge in [-0.25, -0.2) is 0 Å². The molecule has 0 N–H and O–H groups in total. The number of piperidine rings is 1. The molecule has 0 amide bonds. The molecule has 1 saturated heterocycles. The Bertz CT molecular complexity index is 878. The molecule has 1 aliphatic heterocycles. The van der Waals surface area contributed by atoms with Gasteiger partial charge in [0.25, 0.3) is 0 Å². The number of fused-ring (bicyclic) bond motifs is 1. The van der Waals surface area contributed by atoms with Gasteiger partial charge in [0, 0.05) is 25.2 Å². The molecule has 0 radical (unpaired) electrons. The van der Waals surface area contributed by atoms with Crippen LogP contribution in [0.3, 0.4) is 0 Å². The van der Waals surface area contributed by atoms with Crippen LogP contribution in [0.5, 0.6) is 0 Å². The maximum Gasteiger partial charge on any atom is 0.0964 e. The van der Waals surface area contributed by atoms with E-state index >= 15 is 0 Å². The number of allylic oxidation sites excluding steroid dienone is 4. The van der Waals surface area contributed by atoms with E-state index in [1.54, 1.807) is 11.1 Å². The molecule has 30 heavy (non-hydrogen) atoms.